The van der Waals surface area contributed by atoms with Crippen LogP contribution in [0.3, 0.4) is 0 Å². The van der Waals surface area contributed by atoms with Gasteiger partial charge >= 0.3 is 0 Å². The van der Waals surface area contributed by atoms with Gasteiger partial charge in [-0.3, -0.25) is 11.7 Å². The van der Waals surface area contributed by atoms with E-state index in [2.05, 4.69) is 11.7 Å². The molecule has 0 aliphatic carbocycles. The van der Waals surface area contributed by atoms with Gasteiger partial charge in [0.1, 0.15) is 0 Å². The van der Waals surface area contributed by atoms with Crippen molar-refractivity contribution in [3.8, 4) is 0 Å². The summed E-state index contributed by atoms with van der Waals surface area (Å²) in [5.41, 5.74) is 4.92. The Morgan fingerprint density at radius 3 is 1.71 bits per heavy atom. The van der Waals surface area contributed by atoms with E-state index in [4.69, 9.17) is 10.8 Å². The molecule has 7 N–H and O–H groups in total. The fourth-order valence-electron chi connectivity index (χ4n) is 0. The van der Waals surface area contributed by atoms with Gasteiger partial charge in [-0.2, -0.15) is 0 Å². The summed E-state index contributed by atoms with van der Waals surface area (Å²) >= 11 is 0. The lowest BCUT2D eigenvalue weighted by Crippen LogP contribution is -2.14. The normalized spacial score (nSPS) is 11.6. The van der Waals surface area contributed by atoms with E-state index in [1.165, 1.54) is 0 Å². The fourth-order valence-corrected chi connectivity index (χ4v) is 0. The summed E-state index contributed by atoms with van der Waals surface area (Å²) < 4.78 is 0. The van der Waals surface area contributed by atoms with E-state index in [0.717, 1.165) is 0 Å². The lowest BCUT2D eigenvalue weighted by molar-refractivity contribution is 0.203. The van der Waals surface area contributed by atoms with E-state index >= 15 is 0 Å². The van der Waals surface area contributed by atoms with Gasteiger partial charge in [-0.1, -0.05) is 0 Å². The molecule has 0 fully saturated rings. The molecule has 1 atom stereocenters. The molecule has 0 aromatic carbocycles. The molecule has 7 heavy (non-hydrogen) atoms. The Balaban J connectivity index is 0. The van der Waals surface area contributed by atoms with Gasteiger partial charge in [0.2, 0.25) is 0 Å². The Morgan fingerprint density at radius 2 is 1.71 bits per heavy atom. The molecule has 0 radical (unpaired) electrons. The first kappa shape index (κ1) is 9.96. The first-order valence-corrected chi connectivity index (χ1v) is 1.99. The lowest BCUT2D eigenvalue weighted by Gasteiger charge is -1.91. The van der Waals surface area contributed by atoms with Crippen molar-refractivity contribution >= 4 is 0 Å². The van der Waals surface area contributed by atoms with Crippen LogP contribution in [0.15, 0.2) is 0 Å². The maximum atomic E-state index is 8.24. The number of hydrogen-bond donors (Lipinski definition) is 4. The third-order valence-corrected chi connectivity index (χ3v) is 0.341. The van der Waals surface area contributed by atoms with Crippen LogP contribution in [0.25, 0.3) is 0 Å². The largest absolute Gasteiger partial charge is 0.392 e. The first-order chi connectivity index (χ1) is 3.27. The number of rotatable bonds is 1. The quantitative estimate of drug-likeness (QED) is 0.233. The average Bonchev–Trinajstić information content (AvgIpc) is 1.73. The van der Waals surface area contributed by atoms with Crippen LogP contribution in [0.2, 0.25) is 0 Å². The molecule has 0 aromatic rings. The fraction of sp³-hybridized carbons (Fsp3) is 1.00. The van der Waals surface area contributed by atoms with Crippen LogP contribution in [0.1, 0.15) is 6.92 Å². The Morgan fingerprint density at radius 1 is 1.57 bits per heavy atom. The Bertz CT molecular complexity index is 24.1. The SMILES string of the molecule is CC(O)CN.NN. The second-order valence-electron chi connectivity index (χ2n) is 1.08. The van der Waals surface area contributed by atoms with Gasteiger partial charge in [0.25, 0.3) is 0 Å². The van der Waals surface area contributed by atoms with Crippen molar-refractivity contribution in [3.63, 3.8) is 0 Å². The average molecular weight is 107 g/mol. The Kier molecular flexibility index (Phi) is 13.2. The summed E-state index contributed by atoms with van der Waals surface area (Å²) in [7, 11) is 0. The van der Waals surface area contributed by atoms with E-state index < -0.39 is 0 Å². The third-order valence-electron chi connectivity index (χ3n) is 0.341. The van der Waals surface area contributed by atoms with Crippen LogP contribution in [0.4, 0.5) is 0 Å². The molecule has 4 heteroatoms. The smallest absolute Gasteiger partial charge is 0.0634 e. The predicted octanol–water partition coefficient (Wildman–Crippen LogP) is -1.86. The van der Waals surface area contributed by atoms with Crippen molar-refractivity contribution in [1.82, 2.24) is 0 Å². The Hall–Kier alpha value is -0.160. The summed E-state index contributed by atoms with van der Waals surface area (Å²) in [6, 6.07) is 0. The van der Waals surface area contributed by atoms with E-state index in [1.807, 2.05) is 0 Å². The molecule has 0 aliphatic rings. The molecule has 0 amide bonds. The van der Waals surface area contributed by atoms with Crippen molar-refractivity contribution in [2.24, 2.45) is 17.4 Å². The molecule has 0 aliphatic heterocycles. The van der Waals surface area contributed by atoms with E-state index in [-0.39, 0.29) is 6.10 Å². The minimum atomic E-state index is -0.338. The molecule has 0 saturated heterocycles. The van der Waals surface area contributed by atoms with Crippen molar-refractivity contribution in [3.05, 3.63) is 0 Å². The van der Waals surface area contributed by atoms with Crippen LogP contribution >= 0.6 is 0 Å². The second-order valence-corrected chi connectivity index (χ2v) is 1.08. The molecule has 4 nitrogen and oxygen atoms in total. The summed E-state index contributed by atoms with van der Waals surface area (Å²) in [4.78, 5) is 0. The van der Waals surface area contributed by atoms with E-state index in [9.17, 15) is 0 Å². The molecular weight excluding hydrogens is 94.1 g/mol. The molecule has 46 valence electrons. The molecule has 0 aromatic heterocycles. The number of nitrogens with two attached hydrogens (primary N) is 3. The van der Waals surface area contributed by atoms with Gasteiger partial charge in [-0.15, -0.1) is 0 Å². The van der Waals surface area contributed by atoms with Gasteiger partial charge in [0, 0.05) is 6.54 Å². The third kappa shape index (κ3) is 25.4. The van der Waals surface area contributed by atoms with Gasteiger partial charge in [0.05, 0.1) is 6.10 Å². The van der Waals surface area contributed by atoms with Crippen LogP contribution in [0, 0.1) is 0 Å². The zero-order valence-electron chi connectivity index (χ0n) is 4.46. The maximum Gasteiger partial charge on any atom is 0.0634 e. The zero-order valence-corrected chi connectivity index (χ0v) is 4.46. The van der Waals surface area contributed by atoms with Gasteiger partial charge < -0.3 is 10.8 Å². The van der Waals surface area contributed by atoms with Crippen molar-refractivity contribution in [2.45, 2.75) is 13.0 Å². The first-order valence-electron chi connectivity index (χ1n) is 1.99. The standard InChI is InChI=1S/C3H9NO.H4N2/c1-3(5)2-4;1-2/h3,5H,2,4H2,1H3;1-2H2. The molecule has 0 spiro atoms. The van der Waals surface area contributed by atoms with Crippen LogP contribution in [0.5, 0.6) is 0 Å². The highest BCUT2D eigenvalue weighted by Gasteiger charge is 1.81. The molecule has 0 rings (SSSR count). The summed E-state index contributed by atoms with van der Waals surface area (Å²) in [5, 5.41) is 8.24. The van der Waals surface area contributed by atoms with Crippen molar-refractivity contribution in [2.75, 3.05) is 6.54 Å². The van der Waals surface area contributed by atoms with Gasteiger partial charge in [-0.25, -0.2) is 0 Å². The maximum absolute atomic E-state index is 8.24. The van der Waals surface area contributed by atoms with Crippen LogP contribution in [-0.2, 0) is 0 Å². The summed E-state index contributed by atoms with van der Waals surface area (Å²) in [6.07, 6.45) is -0.338. The highest BCUT2D eigenvalue weighted by molar-refractivity contribution is 4.40. The monoisotopic (exact) mass is 107 g/mol. The topological polar surface area (TPSA) is 98.3 Å². The number of aliphatic hydroxyl groups excluding tert-OH is 1. The van der Waals surface area contributed by atoms with Crippen LogP contribution < -0.4 is 17.4 Å². The molecule has 0 bridgehead atoms. The lowest BCUT2D eigenvalue weighted by atomic mass is 10.4. The minimum absolute atomic E-state index is 0.338. The van der Waals surface area contributed by atoms with Gasteiger partial charge in [-0.05, 0) is 6.92 Å². The number of hydrogen-bond acceptors (Lipinski definition) is 4. The van der Waals surface area contributed by atoms with Crippen LogP contribution in [-0.4, -0.2) is 17.8 Å². The predicted molar refractivity (Wildman–Crippen MR) is 29.1 cm³/mol. The minimum Gasteiger partial charge on any atom is -0.392 e. The summed E-state index contributed by atoms with van der Waals surface area (Å²) in [6.45, 7) is 2.01. The highest BCUT2D eigenvalue weighted by Crippen LogP contribution is 1.65. The zero-order chi connectivity index (χ0) is 6.28. The molecule has 0 saturated carbocycles. The van der Waals surface area contributed by atoms with Crippen molar-refractivity contribution < 1.29 is 5.11 Å². The number of hydrazine groups is 1. The molecule has 0 heterocycles. The summed E-state index contributed by atoms with van der Waals surface area (Å²) in [5.74, 6) is 8.00. The molecule has 1 unspecified atom stereocenters. The second kappa shape index (κ2) is 9.28. The highest BCUT2D eigenvalue weighted by atomic mass is 16.3. The molecular formula is C3H13N3O. The van der Waals surface area contributed by atoms with E-state index in [1.54, 1.807) is 6.92 Å². The number of aliphatic hydroxyl groups is 1. The van der Waals surface area contributed by atoms with Gasteiger partial charge in [0.15, 0.2) is 0 Å². The van der Waals surface area contributed by atoms with Crippen molar-refractivity contribution in [1.29, 1.82) is 0 Å². The van der Waals surface area contributed by atoms with E-state index in [0.29, 0.717) is 6.54 Å². The Labute approximate surface area is 43.3 Å².